The van der Waals surface area contributed by atoms with Crippen LogP contribution in [-0.2, 0) is 0 Å². The van der Waals surface area contributed by atoms with E-state index in [9.17, 15) is 5.11 Å². The van der Waals surface area contributed by atoms with Crippen molar-refractivity contribution in [2.45, 2.75) is 45.3 Å². The lowest BCUT2D eigenvalue weighted by Crippen LogP contribution is -2.38. The number of benzene rings is 1. The molecule has 1 saturated heterocycles. The van der Waals surface area contributed by atoms with Gasteiger partial charge in [0.2, 0.25) is 0 Å². The fourth-order valence-corrected chi connectivity index (χ4v) is 2.96. The maximum atomic E-state index is 9.90. The van der Waals surface area contributed by atoms with Crippen molar-refractivity contribution in [1.29, 1.82) is 0 Å². The third-order valence-corrected chi connectivity index (χ3v) is 4.05. The minimum Gasteiger partial charge on any atom is -0.389 e. The van der Waals surface area contributed by atoms with Gasteiger partial charge >= 0.3 is 0 Å². The van der Waals surface area contributed by atoms with Gasteiger partial charge < -0.3 is 10.0 Å². The van der Waals surface area contributed by atoms with Crippen molar-refractivity contribution in [2.24, 2.45) is 0 Å². The van der Waals surface area contributed by atoms with Crippen molar-refractivity contribution in [3.63, 3.8) is 0 Å². The fourth-order valence-electron chi connectivity index (χ4n) is 2.58. The number of anilines is 1. The van der Waals surface area contributed by atoms with Crippen LogP contribution in [0.2, 0.25) is 0 Å². The van der Waals surface area contributed by atoms with E-state index in [0.717, 1.165) is 16.6 Å². The summed E-state index contributed by atoms with van der Waals surface area (Å²) in [4.78, 5) is 2.43. The SMILES string of the molecule is CC(O)c1cc(Br)ccc1N1CCCCC1C. The van der Waals surface area contributed by atoms with Gasteiger partial charge in [-0.2, -0.15) is 0 Å². The van der Waals surface area contributed by atoms with E-state index in [4.69, 9.17) is 0 Å². The van der Waals surface area contributed by atoms with Crippen molar-refractivity contribution in [1.82, 2.24) is 0 Å². The van der Waals surface area contributed by atoms with E-state index in [2.05, 4.69) is 39.9 Å². The Morgan fingerprint density at radius 3 is 2.82 bits per heavy atom. The van der Waals surface area contributed by atoms with Gasteiger partial charge in [0.05, 0.1) is 6.10 Å². The monoisotopic (exact) mass is 297 g/mol. The fraction of sp³-hybridized carbons (Fsp3) is 0.571. The topological polar surface area (TPSA) is 23.5 Å². The maximum absolute atomic E-state index is 9.90. The minimum atomic E-state index is -0.420. The van der Waals surface area contributed by atoms with Crippen molar-refractivity contribution >= 4 is 21.6 Å². The second kappa shape index (κ2) is 5.40. The van der Waals surface area contributed by atoms with Gasteiger partial charge in [0.1, 0.15) is 0 Å². The molecule has 0 saturated carbocycles. The molecule has 1 heterocycles. The number of piperidine rings is 1. The van der Waals surface area contributed by atoms with Crippen LogP contribution in [0.15, 0.2) is 22.7 Å². The first-order valence-corrected chi connectivity index (χ1v) is 7.13. The summed E-state index contributed by atoms with van der Waals surface area (Å²) in [5.74, 6) is 0. The maximum Gasteiger partial charge on any atom is 0.0782 e. The number of rotatable bonds is 2. The molecule has 2 atom stereocenters. The van der Waals surface area contributed by atoms with Gasteiger partial charge in [0.15, 0.2) is 0 Å². The van der Waals surface area contributed by atoms with Crippen molar-refractivity contribution in [3.8, 4) is 0 Å². The van der Waals surface area contributed by atoms with Crippen LogP contribution >= 0.6 is 15.9 Å². The largest absolute Gasteiger partial charge is 0.389 e. The molecule has 1 aliphatic heterocycles. The summed E-state index contributed by atoms with van der Waals surface area (Å²) in [5, 5.41) is 9.90. The molecule has 17 heavy (non-hydrogen) atoms. The standard InChI is InChI=1S/C14H20BrNO/c1-10-5-3-4-8-16(10)14-7-6-12(15)9-13(14)11(2)17/h6-7,9-11,17H,3-5,8H2,1-2H3. The van der Waals surface area contributed by atoms with Crippen molar-refractivity contribution < 1.29 is 5.11 Å². The third-order valence-electron chi connectivity index (χ3n) is 3.55. The molecule has 2 rings (SSSR count). The van der Waals surface area contributed by atoms with Gasteiger partial charge in [-0.15, -0.1) is 0 Å². The number of aliphatic hydroxyl groups is 1. The lowest BCUT2D eigenvalue weighted by Gasteiger charge is -2.37. The van der Waals surface area contributed by atoms with E-state index in [1.54, 1.807) is 0 Å². The van der Waals surface area contributed by atoms with Crippen LogP contribution in [0.25, 0.3) is 0 Å². The number of nitrogens with zero attached hydrogens (tertiary/aromatic N) is 1. The van der Waals surface area contributed by atoms with Crippen molar-refractivity contribution in [2.75, 3.05) is 11.4 Å². The van der Waals surface area contributed by atoms with Crippen LogP contribution in [-0.4, -0.2) is 17.7 Å². The first-order valence-electron chi connectivity index (χ1n) is 6.33. The van der Waals surface area contributed by atoms with Gasteiger partial charge in [-0.3, -0.25) is 0 Å². The summed E-state index contributed by atoms with van der Waals surface area (Å²) >= 11 is 3.47. The molecule has 1 fully saturated rings. The molecule has 0 spiro atoms. The van der Waals surface area contributed by atoms with Crippen LogP contribution < -0.4 is 4.90 Å². The summed E-state index contributed by atoms with van der Waals surface area (Å²) in [6.07, 6.45) is 3.39. The van der Waals surface area contributed by atoms with Gasteiger partial charge in [0.25, 0.3) is 0 Å². The summed E-state index contributed by atoms with van der Waals surface area (Å²) in [6, 6.07) is 6.78. The zero-order chi connectivity index (χ0) is 12.4. The van der Waals surface area contributed by atoms with E-state index in [1.165, 1.54) is 24.9 Å². The predicted molar refractivity (Wildman–Crippen MR) is 75.4 cm³/mol. The Bertz CT molecular complexity index is 392. The molecule has 94 valence electrons. The molecule has 1 N–H and O–H groups in total. The molecule has 0 aromatic heterocycles. The molecular formula is C14H20BrNO. The Hall–Kier alpha value is -0.540. The van der Waals surface area contributed by atoms with E-state index in [0.29, 0.717) is 6.04 Å². The van der Waals surface area contributed by atoms with Gasteiger partial charge in [0, 0.05) is 28.3 Å². The normalized spacial score (nSPS) is 22.6. The van der Waals surface area contributed by atoms with Crippen LogP contribution in [0, 0.1) is 0 Å². The highest BCUT2D eigenvalue weighted by molar-refractivity contribution is 9.10. The molecule has 2 nitrogen and oxygen atoms in total. The zero-order valence-electron chi connectivity index (χ0n) is 10.5. The van der Waals surface area contributed by atoms with Gasteiger partial charge in [-0.25, -0.2) is 0 Å². The van der Waals surface area contributed by atoms with E-state index >= 15 is 0 Å². The smallest absolute Gasteiger partial charge is 0.0782 e. The number of hydrogen-bond donors (Lipinski definition) is 1. The van der Waals surface area contributed by atoms with Crippen molar-refractivity contribution in [3.05, 3.63) is 28.2 Å². The summed E-state index contributed by atoms with van der Waals surface area (Å²) in [5.41, 5.74) is 2.21. The first kappa shape index (κ1) is 12.9. The highest BCUT2D eigenvalue weighted by Gasteiger charge is 2.22. The molecule has 0 aliphatic carbocycles. The van der Waals surface area contributed by atoms with Gasteiger partial charge in [-0.05, 0) is 51.3 Å². The molecule has 1 aliphatic rings. The van der Waals surface area contributed by atoms with Crippen LogP contribution in [0.4, 0.5) is 5.69 Å². The molecule has 0 radical (unpaired) electrons. The Labute approximate surface area is 112 Å². The highest BCUT2D eigenvalue weighted by Crippen LogP contribution is 2.33. The van der Waals surface area contributed by atoms with Crippen LogP contribution in [0.5, 0.6) is 0 Å². The highest BCUT2D eigenvalue weighted by atomic mass is 79.9. The quantitative estimate of drug-likeness (QED) is 0.895. The second-order valence-electron chi connectivity index (χ2n) is 4.92. The number of hydrogen-bond acceptors (Lipinski definition) is 2. The Morgan fingerprint density at radius 1 is 1.41 bits per heavy atom. The first-order chi connectivity index (χ1) is 8.09. The second-order valence-corrected chi connectivity index (χ2v) is 5.83. The van der Waals surface area contributed by atoms with Crippen LogP contribution in [0.1, 0.15) is 44.8 Å². The molecular weight excluding hydrogens is 278 g/mol. The van der Waals surface area contributed by atoms with Crippen LogP contribution in [0.3, 0.4) is 0 Å². The summed E-state index contributed by atoms with van der Waals surface area (Å²) in [7, 11) is 0. The Morgan fingerprint density at radius 2 is 2.18 bits per heavy atom. The molecule has 1 aromatic carbocycles. The third kappa shape index (κ3) is 2.83. The zero-order valence-corrected chi connectivity index (χ0v) is 12.1. The lowest BCUT2D eigenvalue weighted by atomic mass is 9.99. The predicted octanol–water partition coefficient (Wildman–Crippen LogP) is 3.88. The van der Waals surface area contributed by atoms with Gasteiger partial charge in [-0.1, -0.05) is 15.9 Å². The Kier molecular flexibility index (Phi) is 4.10. The average molecular weight is 298 g/mol. The average Bonchev–Trinajstić information content (AvgIpc) is 2.30. The number of aliphatic hydroxyl groups excluding tert-OH is 1. The number of halogens is 1. The summed E-state index contributed by atoms with van der Waals surface area (Å²) in [6.45, 7) is 5.20. The molecule has 1 aromatic rings. The van der Waals surface area contributed by atoms with E-state index in [1.807, 2.05) is 13.0 Å². The molecule has 0 bridgehead atoms. The molecule has 0 amide bonds. The minimum absolute atomic E-state index is 0.420. The molecule has 2 unspecified atom stereocenters. The molecule has 3 heteroatoms. The van der Waals surface area contributed by atoms with E-state index in [-0.39, 0.29) is 0 Å². The lowest BCUT2D eigenvalue weighted by molar-refractivity contribution is 0.199. The summed E-state index contributed by atoms with van der Waals surface area (Å²) < 4.78 is 1.03. The Balaban J connectivity index is 2.36. The van der Waals surface area contributed by atoms with E-state index < -0.39 is 6.10 Å².